The summed E-state index contributed by atoms with van der Waals surface area (Å²) in [6.45, 7) is 7.58. The molecule has 1 aromatic rings. The van der Waals surface area contributed by atoms with Gasteiger partial charge in [0.1, 0.15) is 6.61 Å². The molecule has 0 amide bonds. The summed E-state index contributed by atoms with van der Waals surface area (Å²) in [6.07, 6.45) is 0.836. The second-order valence-electron chi connectivity index (χ2n) is 5.25. The normalized spacial score (nSPS) is 23.5. The molecule has 0 saturated carbocycles. The number of rotatable bonds is 6. The highest BCUT2D eigenvalue weighted by Gasteiger charge is 2.30. The molecule has 0 aromatic heterocycles. The Morgan fingerprint density at radius 2 is 1.95 bits per heavy atom. The summed E-state index contributed by atoms with van der Waals surface area (Å²) in [7, 11) is 0. The minimum absolute atomic E-state index is 0.538. The smallest absolute Gasteiger partial charge is 0.161 e. The van der Waals surface area contributed by atoms with Gasteiger partial charge in [-0.15, -0.1) is 0 Å². The SMILES string of the molecule is CCOc1ccccc1OCCN1CCC(C)(O)C1. The topological polar surface area (TPSA) is 41.9 Å². The van der Waals surface area contributed by atoms with E-state index in [1.54, 1.807) is 0 Å². The van der Waals surface area contributed by atoms with Gasteiger partial charge < -0.3 is 14.6 Å². The van der Waals surface area contributed by atoms with E-state index in [0.717, 1.165) is 37.6 Å². The molecule has 4 heteroatoms. The predicted octanol–water partition coefficient (Wildman–Crippen LogP) is 1.92. The molecule has 1 saturated heterocycles. The number of hydrogen-bond acceptors (Lipinski definition) is 4. The predicted molar refractivity (Wildman–Crippen MR) is 74.8 cm³/mol. The molecule has 106 valence electrons. The Hall–Kier alpha value is -1.26. The standard InChI is InChI=1S/C15H23NO3/c1-3-18-13-6-4-5-7-14(13)19-11-10-16-9-8-15(2,17)12-16/h4-7,17H,3,8-12H2,1-2H3. The lowest BCUT2D eigenvalue weighted by atomic mass is 10.1. The fraction of sp³-hybridized carbons (Fsp3) is 0.600. The van der Waals surface area contributed by atoms with Crippen molar-refractivity contribution in [3.63, 3.8) is 0 Å². The van der Waals surface area contributed by atoms with Crippen LogP contribution >= 0.6 is 0 Å². The third-order valence-corrected chi connectivity index (χ3v) is 3.34. The molecule has 1 unspecified atom stereocenters. The minimum atomic E-state index is -0.538. The third kappa shape index (κ3) is 4.11. The van der Waals surface area contributed by atoms with Crippen LogP contribution in [0.1, 0.15) is 20.3 Å². The van der Waals surface area contributed by atoms with E-state index < -0.39 is 5.60 Å². The van der Waals surface area contributed by atoms with Crippen molar-refractivity contribution in [2.75, 3.05) is 32.8 Å². The summed E-state index contributed by atoms with van der Waals surface area (Å²) in [6, 6.07) is 7.72. The van der Waals surface area contributed by atoms with E-state index in [9.17, 15) is 5.11 Å². The Bertz CT molecular complexity index is 406. The molecule has 1 aromatic carbocycles. The van der Waals surface area contributed by atoms with Crippen molar-refractivity contribution in [2.45, 2.75) is 25.9 Å². The first-order valence-corrected chi connectivity index (χ1v) is 6.90. The zero-order valence-electron chi connectivity index (χ0n) is 11.8. The third-order valence-electron chi connectivity index (χ3n) is 3.34. The zero-order valence-corrected chi connectivity index (χ0v) is 11.8. The number of likely N-dealkylation sites (tertiary alicyclic amines) is 1. The first kappa shape index (κ1) is 14.2. The van der Waals surface area contributed by atoms with Crippen LogP contribution in [0.3, 0.4) is 0 Å². The van der Waals surface area contributed by atoms with Gasteiger partial charge in [0, 0.05) is 19.6 Å². The molecule has 2 rings (SSSR count). The highest BCUT2D eigenvalue weighted by molar-refractivity contribution is 5.39. The average molecular weight is 265 g/mol. The van der Waals surface area contributed by atoms with Gasteiger partial charge in [0.25, 0.3) is 0 Å². The number of nitrogens with zero attached hydrogens (tertiary/aromatic N) is 1. The van der Waals surface area contributed by atoms with Gasteiger partial charge in [-0.2, -0.15) is 0 Å². The highest BCUT2D eigenvalue weighted by Crippen LogP contribution is 2.26. The summed E-state index contributed by atoms with van der Waals surface area (Å²) in [5, 5.41) is 9.89. The number of aliphatic hydroxyl groups is 1. The number of β-amino-alcohol motifs (C(OH)–C–C–N with tert-alkyl or cyclic N) is 1. The van der Waals surface area contributed by atoms with E-state index in [-0.39, 0.29) is 0 Å². The number of ether oxygens (including phenoxy) is 2. The molecule has 4 nitrogen and oxygen atoms in total. The van der Waals surface area contributed by atoms with Crippen molar-refractivity contribution in [1.29, 1.82) is 0 Å². The Kier molecular flexibility index (Phi) is 4.66. The van der Waals surface area contributed by atoms with Crippen molar-refractivity contribution in [1.82, 2.24) is 4.90 Å². The number of para-hydroxylation sites is 2. The first-order chi connectivity index (χ1) is 9.11. The van der Waals surface area contributed by atoms with Crippen molar-refractivity contribution in [2.24, 2.45) is 0 Å². The van der Waals surface area contributed by atoms with Crippen LogP contribution in [0.25, 0.3) is 0 Å². The fourth-order valence-electron chi connectivity index (χ4n) is 2.36. The molecule has 1 aliphatic rings. The van der Waals surface area contributed by atoms with Gasteiger partial charge in [-0.1, -0.05) is 12.1 Å². The molecule has 0 aliphatic carbocycles. The van der Waals surface area contributed by atoms with Crippen LogP contribution in [-0.4, -0.2) is 48.5 Å². The van der Waals surface area contributed by atoms with Gasteiger partial charge in [0.2, 0.25) is 0 Å². The zero-order chi connectivity index (χ0) is 13.7. The van der Waals surface area contributed by atoms with Crippen LogP contribution in [0.5, 0.6) is 11.5 Å². The van der Waals surface area contributed by atoms with Crippen LogP contribution in [0.15, 0.2) is 24.3 Å². The summed E-state index contributed by atoms with van der Waals surface area (Å²) >= 11 is 0. The van der Waals surface area contributed by atoms with Crippen LogP contribution in [0, 0.1) is 0 Å². The maximum absolute atomic E-state index is 9.89. The quantitative estimate of drug-likeness (QED) is 0.853. The first-order valence-electron chi connectivity index (χ1n) is 6.90. The summed E-state index contributed by atoms with van der Waals surface area (Å²) < 4.78 is 11.3. The van der Waals surface area contributed by atoms with Gasteiger partial charge in [-0.3, -0.25) is 4.90 Å². The fourth-order valence-corrected chi connectivity index (χ4v) is 2.36. The second kappa shape index (κ2) is 6.26. The molecule has 1 N–H and O–H groups in total. The average Bonchev–Trinajstić information content (AvgIpc) is 2.71. The molecule has 0 spiro atoms. The molecule has 1 heterocycles. The molecule has 1 fully saturated rings. The van der Waals surface area contributed by atoms with Crippen LogP contribution in [0.4, 0.5) is 0 Å². The van der Waals surface area contributed by atoms with Crippen molar-refractivity contribution >= 4 is 0 Å². The van der Waals surface area contributed by atoms with Gasteiger partial charge in [0.05, 0.1) is 12.2 Å². The Balaban J connectivity index is 1.80. The molecule has 1 aliphatic heterocycles. The number of hydrogen-bond donors (Lipinski definition) is 1. The van der Waals surface area contributed by atoms with E-state index in [0.29, 0.717) is 13.2 Å². The summed E-state index contributed by atoms with van der Waals surface area (Å²) in [5.41, 5.74) is -0.538. The van der Waals surface area contributed by atoms with Crippen LogP contribution in [0.2, 0.25) is 0 Å². The summed E-state index contributed by atoms with van der Waals surface area (Å²) in [5.74, 6) is 1.58. The minimum Gasteiger partial charge on any atom is -0.490 e. The van der Waals surface area contributed by atoms with Crippen LogP contribution in [-0.2, 0) is 0 Å². The maximum atomic E-state index is 9.89. The van der Waals surface area contributed by atoms with E-state index in [2.05, 4.69) is 4.90 Å². The summed E-state index contributed by atoms with van der Waals surface area (Å²) in [4.78, 5) is 2.23. The Morgan fingerprint density at radius 3 is 2.53 bits per heavy atom. The lowest BCUT2D eigenvalue weighted by Crippen LogP contribution is -2.32. The van der Waals surface area contributed by atoms with Gasteiger partial charge in [0.15, 0.2) is 11.5 Å². The molecule has 0 radical (unpaired) electrons. The molecular weight excluding hydrogens is 242 g/mol. The van der Waals surface area contributed by atoms with Crippen molar-refractivity contribution < 1.29 is 14.6 Å². The second-order valence-corrected chi connectivity index (χ2v) is 5.25. The van der Waals surface area contributed by atoms with Gasteiger partial charge in [-0.05, 0) is 32.4 Å². The lowest BCUT2D eigenvalue weighted by molar-refractivity contribution is 0.0669. The van der Waals surface area contributed by atoms with Crippen molar-refractivity contribution in [3.8, 4) is 11.5 Å². The molecule has 0 bridgehead atoms. The molecule has 19 heavy (non-hydrogen) atoms. The van der Waals surface area contributed by atoms with E-state index in [1.165, 1.54) is 0 Å². The van der Waals surface area contributed by atoms with Crippen LogP contribution < -0.4 is 9.47 Å². The lowest BCUT2D eigenvalue weighted by Gasteiger charge is -2.19. The van der Waals surface area contributed by atoms with E-state index >= 15 is 0 Å². The monoisotopic (exact) mass is 265 g/mol. The van der Waals surface area contributed by atoms with E-state index in [1.807, 2.05) is 38.1 Å². The Morgan fingerprint density at radius 1 is 1.26 bits per heavy atom. The maximum Gasteiger partial charge on any atom is 0.161 e. The molecular formula is C15H23NO3. The molecule has 1 atom stereocenters. The van der Waals surface area contributed by atoms with Gasteiger partial charge >= 0.3 is 0 Å². The van der Waals surface area contributed by atoms with Gasteiger partial charge in [-0.25, -0.2) is 0 Å². The van der Waals surface area contributed by atoms with Crippen molar-refractivity contribution in [3.05, 3.63) is 24.3 Å². The highest BCUT2D eigenvalue weighted by atomic mass is 16.5. The number of benzene rings is 1. The van der Waals surface area contributed by atoms with E-state index in [4.69, 9.17) is 9.47 Å². The Labute approximate surface area is 114 Å². The largest absolute Gasteiger partial charge is 0.490 e.